The highest BCUT2D eigenvalue weighted by Crippen LogP contribution is 2.21. The normalized spacial score (nSPS) is 11.4. The monoisotopic (exact) mass is 372 g/mol. The summed E-state index contributed by atoms with van der Waals surface area (Å²) in [5, 5.41) is 8.20. The molecule has 0 spiro atoms. The van der Waals surface area contributed by atoms with Crippen molar-refractivity contribution in [1.82, 2.24) is 0 Å². The van der Waals surface area contributed by atoms with Crippen molar-refractivity contribution in [2.45, 2.75) is 18.4 Å². The molecule has 0 radical (unpaired) electrons. The first kappa shape index (κ1) is 15.9. The molecule has 0 aromatic heterocycles. The summed E-state index contributed by atoms with van der Waals surface area (Å²) in [6.45, 7) is 2.22. The van der Waals surface area contributed by atoms with Crippen molar-refractivity contribution in [3.63, 3.8) is 0 Å². The fourth-order valence-electron chi connectivity index (χ4n) is 1.82. The molecule has 2 rings (SSSR count). The maximum atomic E-state index is 13.4. The van der Waals surface area contributed by atoms with Crippen LogP contribution in [-0.2, 0) is 16.6 Å². The maximum Gasteiger partial charge on any atom is 0.238 e. The molecule has 0 heterocycles. The van der Waals surface area contributed by atoms with Gasteiger partial charge in [0.1, 0.15) is 5.82 Å². The predicted molar refractivity (Wildman–Crippen MR) is 84.0 cm³/mol. The minimum Gasteiger partial charge on any atom is -0.381 e. The third-order valence-electron chi connectivity index (χ3n) is 3.00. The third-order valence-corrected chi connectivity index (χ3v) is 4.56. The topological polar surface area (TPSA) is 72.2 Å². The number of benzene rings is 2. The van der Waals surface area contributed by atoms with Crippen molar-refractivity contribution in [2.24, 2.45) is 5.14 Å². The molecule has 0 saturated heterocycles. The highest BCUT2D eigenvalue weighted by molar-refractivity contribution is 9.10. The minimum absolute atomic E-state index is 0.0394. The Morgan fingerprint density at radius 2 is 1.95 bits per heavy atom. The average Bonchev–Trinajstić information content (AvgIpc) is 2.40. The molecule has 2 aromatic carbocycles. The minimum atomic E-state index is -3.74. The standard InChI is InChI=1S/C14H14BrFN2O2S/c1-9-2-4-11(21(17,19)20)7-14(9)18-8-10-3-5-12(15)13(16)6-10/h2-7,18H,8H2,1H3,(H2,17,19,20). The van der Waals surface area contributed by atoms with Crippen molar-refractivity contribution in [2.75, 3.05) is 5.32 Å². The fourth-order valence-corrected chi connectivity index (χ4v) is 2.60. The molecule has 3 N–H and O–H groups in total. The number of primary sulfonamides is 1. The van der Waals surface area contributed by atoms with Gasteiger partial charge in [0.25, 0.3) is 0 Å². The van der Waals surface area contributed by atoms with Crippen LogP contribution in [0.1, 0.15) is 11.1 Å². The average molecular weight is 373 g/mol. The van der Waals surface area contributed by atoms with Gasteiger partial charge in [-0.2, -0.15) is 0 Å². The largest absolute Gasteiger partial charge is 0.381 e. The second kappa shape index (κ2) is 6.13. The Balaban J connectivity index is 2.21. The molecular weight excluding hydrogens is 359 g/mol. The zero-order valence-electron chi connectivity index (χ0n) is 11.2. The van der Waals surface area contributed by atoms with Crippen LogP contribution in [0.25, 0.3) is 0 Å². The molecule has 2 aromatic rings. The zero-order valence-corrected chi connectivity index (χ0v) is 13.6. The number of hydrogen-bond donors (Lipinski definition) is 2. The number of hydrogen-bond acceptors (Lipinski definition) is 3. The van der Waals surface area contributed by atoms with Gasteiger partial charge in [0, 0.05) is 12.2 Å². The lowest BCUT2D eigenvalue weighted by molar-refractivity contribution is 0.598. The first-order valence-corrected chi connectivity index (χ1v) is 8.42. The molecule has 0 amide bonds. The molecule has 0 aliphatic heterocycles. The van der Waals surface area contributed by atoms with E-state index in [0.29, 0.717) is 16.7 Å². The highest BCUT2D eigenvalue weighted by atomic mass is 79.9. The fraction of sp³-hybridized carbons (Fsp3) is 0.143. The molecule has 0 aliphatic carbocycles. The Kier molecular flexibility index (Phi) is 4.65. The molecule has 4 nitrogen and oxygen atoms in total. The number of aryl methyl sites for hydroxylation is 1. The Bertz CT molecular complexity index is 779. The summed E-state index contributed by atoms with van der Waals surface area (Å²) in [4.78, 5) is 0.0394. The smallest absolute Gasteiger partial charge is 0.238 e. The molecule has 0 fully saturated rings. The maximum absolute atomic E-state index is 13.4. The van der Waals surface area contributed by atoms with Crippen LogP contribution in [0.3, 0.4) is 0 Å². The Morgan fingerprint density at radius 3 is 2.57 bits per heavy atom. The first-order valence-electron chi connectivity index (χ1n) is 6.08. The molecule has 0 unspecified atom stereocenters. The molecule has 7 heteroatoms. The summed E-state index contributed by atoms with van der Waals surface area (Å²) in [5.41, 5.74) is 2.26. The van der Waals surface area contributed by atoms with E-state index in [1.54, 1.807) is 18.2 Å². The molecule has 0 saturated carbocycles. The van der Waals surface area contributed by atoms with E-state index in [2.05, 4.69) is 21.2 Å². The van der Waals surface area contributed by atoms with Gasteiger partial charge in [-0.3, -0.25) is 0 Å². The number of rotatable bonds is 4. The number of nitrogens with one attached hydrogen (secondary N) is 1. The molecule has 0 bridgehead atoms. The number of halogens is 2. The molecule has 0 aliphatic rings. The summed E-state index contributed by atoms with van der Waals surface area (Å²) >= 11 is 3.09. The van der Waals surface area contributed by atoms with Gasteiger partial charge in [0.05, 0.1) is 9.37 Å². The van der Waals surface area contributed by atoms with E-state index >= 15 is 0 Å². The lowest BCUT2D eigenvalue weighted by Gasteiger charge is -2.11. The van der Waals surface area contributed by atoms with Gasteiger partial charge in [0.15, 0.2) is 0 Å². The summed E-state index contributed by atoms with van der Waals surface area (Å²) < 4.78 is 36.5. The summed E-state index contributed by atoms with van der Waals surface area (Å²) in [5.74, 6) is -0.343. The van der Waals surface area contributed by atoms with E-state index in [0.717, 1.165) is 11.1 Å². The molecule has 112 valence electrons. The van der Waals surface area contributed by atoms with Crippen molar-refractivity contribution < 1.29 is 12.8 Å². The third kappa shape index (κ3) is 4.03. The van der Waals surface area contributed by atoms with Gasteiger partial charge in [-0.05, 0) is 58.2 Å². The van der Waals surface area contributed by atoms with Crippen LogP contribution in [0.5, 0.6) is 0 Å². The second-order valence-corrected chi connectivity index (χ2v) is 7.04. The molecule has 0 atom stereocenters. The quantitative estimate of drug-likeness (QED) is 0.865. The SMILES string of the molecule is Cc1ccc(S(N)(=O)=O)cc1NCc1ccc(Br)c(F)c1. The summed E-state index contributed by atoms with van der Waals surface area (Å²) in [6.07, 6.45) is 0. The van der Waals surface area contributed by atoms with Gasteiger partial charge in [-0.15, -0.1) is 0 Å². The molecular formula is C14H14BrFN2O2S. The van der Waals surface area contributed by atoms with Crippen LogP contribution < -0.4 is 10.5 Å². The van der Waals surface area contributed by atoms with Crippen LogP contribution in [0, 0.1) is 12.7 Å². The van der Waals surface area contributed by atoms with E-state index in [1.807, 2.05) is 6.92 Å². The Hall–Kier alpha value is -1.44. The van der Waals surface area contributed by atoms with Crippen molar-refractivity contribution in [3.05, 3.63) is 57.8 Å². The van der Waals surface area contributed by atoms with E-state index in [1.165, 1.54) is 18.2 Å². The molecule has 21 heavy (non-hydrogen) atoms. The van der Waals surface area contributed by atoms with Crippen molar-refractivity contribution >= 4 is 31.6 Å². The number of sulfonamides is 1. The van der Waals surface area contributed by atoms with E-state index < -0.39 is 10.0 Å². The lowest BCUT2D eigenvalue weighted by Crippen LogP contribution is -2.13. The van der Waals surface area contributed by atoms with Gasteiger partial charge >= 0.3 is 0 Å². The van der Waals surface area contributed by atoms with Crippen LogP contribution >= 0.6 is 15.9 Å². The van der Waals surface area contributed by atoms with Crippen LogP contribution in [0.15, 0.2) is 45.8 Å². The van der Waals surface area contributed by atoms with Crippen molar-refractivity contribution in [1.29, 1.82) is 0 Å². The second-order valence-electron chi connectivity index (χ2n) is 4.62. The van der Waals surface area contributed by atoms with E-state index in [4.69, 9.17) is 5.14 Å². The number of anilines is 1. The van der Waals surface area contributed by atoms with E-state index in [-0.39, 0.29) is 10.7 Å². The van der Waals surface area contributed by atoms with Gasteiger partial charge in [-0.25, -0.2) is 17.9 Å². The zero-order chi connectivity index (χ0) is 15.6. The van der Waals surface area contributed by atoms with Crippen LogP contribution in [0.4, 0.5) is 10.1 Å². The summed E-state index contributed by atoms with van der Waals surface area (Å²) in [6, 6.07) is 9.41. The van der Waals surface area contributed by atoms with Gasteiger partial charge < -0.3 is 5.32 Å². The van der Waals surface area contributed by atoms with Gasteiger partial charge in [-0.1, -0.05) is 12.1 Å². The summed E-state index contributed by atoms with van der Waals surface area (Å²) in [7, 11) is -3.74. The van der Waals surface area contributed by atoms with E-state index in [9.17, 15) is 12.8 Å². The Labute approximate surface area is 131 Å². The number of nitrogens with two attached hydrogens (primary N) is 1. The Morgan fingerprint density at radius 1 is 1.24 bits per heavy atom. The van der Waals surface area contributed by atoms with Gasteiger partial charge in [0.2, 0.25) is 10.0 Å². The lowest BCUT2D eigenvalue weighted by atomic mass is 10.1. The van der Waals surface area contributed by atoms with Crippen LogP contribution in [-0.4, -0.2) is 8.42 Å². The van der Waals surface area contributed by atoms with Crippen LogP contribution in [0.2, 0.25) is 0 Å². The predicted octanol–water partition coefficient (Wildman–Crippen LogP) is 3.16. The first-order chi connectivity index (χ1) is 9.77. The highest BCUT2D eigenvalue weighted by Gasteiger charge is 2.10. The van der Waals surface area contributed by atoms with Crippen molar-refractivity contribution in [3.8, 4) is 0 Å².